The monoisotopic (exact) mass is 362 g/mol. The van der Waals surface area contributed by atoms with Gasteiger partial charge in [-0.1, -0.05) is 0 Å². The fraction of sp³-hybridized carbons (Fsp3) is 0.143. The van der Waals surface area contributed by atoms with Crippen molar-refractivity contribution in [2.45, 2.75) is 6.36 Å². The minimum atomic E-state index is -5.10. The van der Waals surface area contributed by atoms with Gasteiger partial charge in [-0.25, -0.2) is 4.98 Å². The lowest BCUT2D eigenvalue weighted by atomic mass is 10.2. The molecule has 0 aliphatic heterocycles. The minimum absolute atomic E-state index is 0.0322. The van der Waals surface area contributed by atoms with Crippen molar-refractivity contribution in [2.75, 3.05) is 0 Å². The van der Waals surface area contributed by atoms with Gasteiger partial charge in [-0.2, -0.15) is 0 Å². The Balaban J connectivity index is 3.44. The molecular weight excluding hydrogens is 360 g/mol. The lowest BCUT2D eigenvalue weighted by Gasteiger charge is -2.10. The van der Waals surface area contributed by atoms with Gasteiger partial charge in [0, 0.05) is 6.20 Å². The average Bonchev–Trinajstić information content (AvgIpc) is 2.18. The summed E-state index contributed by atoms with van der Waals surface area (Å²) in [5.41, 5.74) is -1.65. The van der Waals surface area contributed by atoms with E-state index in [-0.39, 0.29) is 9.99 Å². The van der Waals surface area contributed by atoms with E-state index in [4.69, 9.17) is 0 Å². The standard InChI is InChI=1S/C7H2F3IN2O4/c8-7(9,10)17-5-4(13(15)16)3(2-14)1-12-6(5)11/h1-2H. The van der Waals surface area contributed by atoms with E-state index in [0.29, 0.717) is 0 Å². The highest BCUT2D eigenvalue weighted by Gasteiger charge is 2.37. The molecule has 0 amide bonds. The lowest BCUT2D eigenvalue weighted by Crippen LogP contribution is -2.19. The first-order chi connectivity index (χ1) is 7.76. The van der Waals surface area contributed by atoms with Crippen LogP contribution in [0.5, 0.6) is 5.75 Å². The van der Waals surface area contributed by atoms with E-state index in [1.165, 1.54) is 22.6 Å². The van der Waals surface area contributed by atoms with Gasteiger partial charge in [0.2, 0.25) is 5.75 Å². The van der Waals surface area contributed by atoms with Crippen LogP contribution in [0.4, 0.5) is 18.9 Å². The third-order valence-electron chi connectivity index (χ3n) is 1.52. The number of ether oxygens (including phenoxy) is 1. The van der Waals surface area contributed by atoms with Crippen LogP contribution in [0.3, 0.4) is 0 Å². The van der Waals surface area contributed by atoms with Gasteiger partial charge >= 0.3 is 12.0 Å². The molecule has 0 fully saturated rings. The average molecular weight is 362 g/mol. The molecule has 0 unspecified atom stereocenters. The van der Waals surface area contributed by atoms with Crippen LogP contribution in [0.25, 0.3) is 0 Å². The summed E-state index contributed by atoms with van der Waals surface area (Å²) in [5.74, 6) is -1.09. The first-order valence-electron chi connectivity index (χ1n) is 3.80. The van der Waals surface area contributed by atoms with E-state index in [1.54, 1.807) is 0 Å². The number of hydrogen-bond donors (Lipinski definition) is 0. The highest BCUT2D eigenvalue weighted by molar-refractivity contribution is 14.1. The Kier molecular flexibility index (Phi) is 3.85. The van der Waals surface area contributed by atoms with Gasteiger partial charge in [0.25, 0.3) is 0 Å². The number of alkyl halides is 3. The largest absolute Gasteiger partial charge is 0.573 e. The number of rotatable bonds is 3. The Bertz CT molecular complexity index is 477. The molecule has 10 heteroatoms. The molecule has 1 aromatic heterocycles. The van der Waals surface area contributed by atoms with Crippen LogP contribution in [-0.4, -0.2) is 22.6 Å². The van der Waals surface area contributed by atoms with Crippen LogP contribution in [0, 0.1) is 13.8 Å². The maximum atomic E-state index is 12.0. The number of aromatic nitrogens is 1. The van der Waals surface area contributed by atoms with Gasteiger partial charge in [-0.15, -0.1) is 13.2 Å². The van der Waals surface area contributed by atoms with Crippen molar-refractivity contribution in [3.05, 3.63) is 25.6 Å². The summed E-state index contributed by atoms with van der Waals surface area (Å²) >= 11 is 1.34. The van der Waals surface area contributed by atoms with E-state index in [0.717, 1.165) is 6.20 Å². The quantitative estimate of drug-likeness (QED) is 0.271. The first-order valence-corrected chi connectivity index (χ1v) is 4.88. The molecule has 17 heavy (non-hydrogen) atoms. The highest BCUT2D eigenvalue weighted by Crippen LogP contribution is 2.36. The molecule has 0 radical (unpaired) electrons. The van der Waals surface area contributed by atoms with Gasteiger partial charge in [0.15, 0.2) is 9.99 Å². The van der Waals surface area contributed by atoms with Crippen molar-refractivity contribution >= 4 is 34.6 Å². The molecule has 0 N–H and O–H groups in total. The molecule has 0 aliphatic rings. The molecule has 1 heterocycles. The Morgan fingerprint density at radius 3 is 2.53 bits per heavy atom. The number of carbonyl (C=O) groups excluding carboxylic acids is 1. The molecule has 92 valence electrons. The van der Waals surface area contributed by atoms with Crippen LogP contribution >= 0.6 is 22.6 Å². The molecule has 6 nitrogen and oxygen atoms in total. The molecule has 0 saturated carbocycles. The summed E-state index contributed by atoms with van der Waals surface area (Å²) in [6, 6.07) is 0. The summed E-state index contributed by atoms with van der Waals surface area (Å²) < 4.78 is 39.2. The predicted octanol–water partition coefficient (Wildman–Crippen LogP) is 2.31. The zero-order valence-electron chi connectivity index (χ0n) is 7.69. The zero-order chi connectivity index (χ0) is 13.2. The van der Waals surface area contributed by atoms with E-state index >= 15 is 0 Å². The van der Waals surface area contributed by atoms with Gasteiger partial charge in [-0.05, 0) is 22.6 Å². The van der Waals surface area contributed by atoms with Crippen molar-refractivity contribution in [1.29, 1.82) is 0 Å². The molecule has 0 atom stereocenters. The first kappa shape index (κ1) is 13.6. The van der Waals surface area contributed by atoms with Crippen LogP contribution in [0.1, 0.15) is 10.4 Å². The second-order valence-corrected chi connectivity index (χ2v) is 3.63. The number of nitro groups is 1. The number of carbonyl (C=O) groups is 1. The summed E-state index contributed by atoms with van der Waals surface area (Å²) in [5, 5.41) is 10.6. The number of pyridine rings is 1. The van der Waals surface area contributed by atoms with Crippen LogP contribution < -0.4 is 4.74 Å². The van der Waals surface area contributed by atoms with Crippen molar-refractivity contribution in [1.82, 2.24) is 4.98 Å². The zero-order valence-corrected chi connectivity index (χ0v) is 9.85. The molecule has 0 aromatic carbocycles. The maximum absolute atomic E-state index is 12.0. The van der Waals surface area contributed by atoms with Gasteiger partial charge in [0.1, 0.15) is 5.56 Å². The molecular formula is C7H2F3IN2O4. The third kappa shape index (κ3) is 3.25. The smallest absolute Gasteiger partial charge is 0.395 e. The Morgan fingerprint density at radius 1 is 1.53 bits per heavy atom. The van der Waals surface area contributed by atoms with Gasteiger partial charge < -0.3 is 4.74 Å². The molecule has 0 spiro atoms. The lowest BCUT2D eigenvalue weighted by molar-refractivity contribution is -0.389. The van der Waals surface area contributed by atoms with E-state index in [1.807, 2.05) is 0 Å². The molecule has 0 bridgehead atoms. The summed E-state index contributed by atoms with van der Waals surface area (Å²) in [6.45, 7) is 0. The Labute approximate surface area is 105 Å². The summed E-state index contributed by atoms with van der Waals surface area (Å²) in [7, 11) is 0. The van der Waals surface area contributed by atoms with Crippen molar-refractivity contribution in [3.63, 3.8) is 0 Å². The van der Waals surface area contributed by atoms with Crippen molar-refractivity contribution in [3.8, 4) is 5.75 Å². The second kappa shape index (κ2) is 4.81. The maximum Gasteiger partial charge on any atom is 0.573 e. The van der Waals surface area contributed by atoms with Crippen LogP contribution in [-0.2, 0) is 0 Å². The topological polar surface area (TPSA) is 82.3 Å². The Morgan fingerprint density at radius 2 is 2.12 bits per heavy atom. The fourth-order valence-electron chi connectivity index (χ4n) is 0.956. The van der Waals surface area contributed by atoms with Gasteiger partial charge in [0.05, 0.1) is 4.92 Å². The SMILES string of the molecule is O=Cc1cnc(I)c(OC(F)(F)F)c1[N+](=O)[O-]. The van der Waals surface area contributed by atoms with Crippen molar-refractivity contribution in [2.24, 2.45) is 0 Å². The second-order valence-electron chi connectivity index (χ2n) is 2.60. The number of halogens is 4. The molecule has 1 rings (SSSR count). The van der Waals surface area contributed by atoms with Gasteiger partial charge in [-0.3, -0.25) is 14.9 Å². The third-order valence-corrected chi connectivity index (χ3v) is 2.29. The number of hydrogen-bond acceptors (Lipinski definition) is 5. The summed E-state index contributed by atoms with van der Waals surface area (Å²) in [4.78, 5) is 23.4. The Hall–Kier alpha value is -1.46. The van der Waals surface area contributed by atoms with E-state index < -0.39 is 28.3 Å². The molecule has 0 saturated heterocycles. The fourth-order valence-corrected chi connectivity index (χ4v) is 1.46. The molecule has 0 aliphatic carbocycles. The highest BCUT2D eigenvalue weighted by atomic mass is 127. The number of nitrogens with zero attached hydrogens (tertiary/aromatic N) is 2. The normalized spacial score (nSPS) is 11.1. The van der Waals surface area contributed by atoms with Crippen molar-refractivity contribution < 1.29 is 27.6 Å². The predicted molar refractivity (Wildman–Crippen MR) is 55.7 cm³/mol. The van der Waals surface area contributed by atoms with Crippen LogP contribution in [0.15, 0.2) is 6.20 Å². The summed E-state index contributed by atoms with van der Waals surface area (Å²) in [6.07, 6.45) is -4.27. The van der Waals surface area contributed by atoms with E-state index in [2.05, 4.69) is 9.72 Å². The number of aldehydes is 1. The van der Waals surface area contributed by atoms with E-state index in [9.17, 15) is 28.1 Å². The molecule has 1 aromatic rings. The van der Waals surface area contributed by atoms with Crippen LogP contribution in [0.2, 0.25) is 0 Å². The minimum Gasteiger partial charge on any atom is -0.395 e.